The van der Waals surface area contributed by atoms with Crippen LogP contribution in [-0.2, 0) is 13.9 Å². The molecule has 1 amide bonds. The minimum Gasteiger partial charge on any atom is -0.356 e. The van der Waals surface area contributed by atoms with E-state index in [2.05, 4.69) is 20.3 Å². The van der Waals surface area contributed by atoms with Crippen LogP contribution < -0.4 is 5.32 Å². The Balaban J connectivity index is 0. The Morgan fingerprint density at radius 3 is 1.50 bits per heavy atom. The molecule has 0 aliphatic heterocycles. The molecule has 0 aliphatic rings. The van der Waals surface area contributed by atoms with Crippen LogP contribution >= 0.6 is 15.2 Å². The average molecular weight is 414 g/mol. The maximum Gasteiger partial charge on any atom is 0.343 e. The molecular formula is C13H28N4O7P2. The first kappa shape index (κ1) is 27.0. The highest BCUT2D eigenvalue weighted by atomic mass is 31.2. The van der Waals surface area contributed by atoms with Crippen LogP contribution in [-0.4, -0.2) is 51.9 Å². The monoisotopic (exact) mass is 414 g/mol. The number of hydrogen-bond acceptors (Lipinski definition) is 6. The van der Waals surface area contributed by atoms with Gasteiger partial charge in [-0.2, -0.15) is 0 Å². The number of aromatic nitrogens is 3. The van der Waals surface area contributed by atoms with E-state index >= 15 is 0 Å². The van der Waals surface area contributed by atoms with Gasteiger partial charge in [0.1, 0.15) is 19.0 Å². The fourth-order valence-electron chi connectivity index (χ4n) is 1.18. The van der Waals surface area contributed by atoms with Gasteiger partial charge in [0, 0.05) is 13.0 Å². The van der Waals surface area contributed by atoms with Crippen LogP contribution in [0, 0.1) is 0 Å². The van der Waals surface area contributed by atoms with Gasteiger partial charge in [-0.05, 0) is 19.8 Å². The molecule has 1 aromatic heterocycles. The van der Waals surface area contributed by atoms with Crippen LogP contribution in [0.3, 0.4) is 0 Å². The molecule has 152 valence electrons. The predicted molar refractivity (Wildman–Crippen MR) is 96.2 cm³/mol. The van der Waals surface area contributed by atoms with Gasteiger partial charge < -0.3 is 24.9 Å². The summed E-state index contributed by atoms with van der Waals surface area (Å²) >= 11 is 0. The molecule has 1 heterocycles. The van der Waals surface area contributed by atoms with Crippen LogP contribution in [0.2, 0.25) is 0 Å². The van der Waals surface area contributed by atoms with Crippen molar-refractivity contribution < 1.29 is 33.5 Å². The third-order valence-electron chi connectivity index (χ3n) is 3.22. The van der Waals surface area contributed by atoms with Crippen molar-refractivity contribution in [1.29, 1.82) is 0 Å². The maximum atomic E-state index is 10.7. The van der Waals surface area contributed by atoms with Gasteiger partial charge in [0.25, 0.3) is 0 Å². The molecule has 0 aromatic carbocycles. The number of amides is 1. The van der Waals surface area contributed by atoms with Crippen molar-refractivity contribution in [3.63, 3.8) is 0 Å². The Bertz CT molecular complexity index is 543. The molecule has 26 heavy (non-hydrogen) atoms. The number of rotatable bonds is 6. The quantitative estimate of drug-likeness (QED) is 0.425. The van der Waals surface area contributed by atoms with Crippen molar-refractivity contribution in [2.45, 2.75) is 51.9 Å². The van der Waals surface area contributed by atoms with E-state index < -0.39 is 20.1 Å². The first-order chi connectivity index (χ1) is 11.9. The summed E-state index contributed by atoms with van der Waals surface area (Å²) in [7, 11) is -9.54. The second-order valence-corrected chi connectivity index (χ2v) is 9.66. The second-order valence-electron chi connectivity index (χ2n) is 5.16. The first-order valence-corrected chi connectivity index (χ1v) is 11.0. The molecule has 0 fully saturated rings. The summed E-state index contributed by atoms with van der Waals surface area (Å²) in [5, 5.41) is 2.74. The third kappa shape index (κ3) is 10.7. The Morgan fingerprint density at radius 2 is 1.35 bits per heavy atom. The van der Waals surface area contributed by atoms with E-state index in [9.17, 15) is 13.9 Å². The van der Waals surface area contributed by atoms with E-state index in [4.69, 9.17) is 19.6 Å². The van der Waals surface area contributed by atoms with Gasteiger partial charge in [-0.25, -0.2) is 15.0 Å². The van der Waals surface area contributed by atoms with E-state index in [1.807, 2.05) is 13.8 Å². The molecule has 0 saturated heterocycles. The largest absolute Gasteiger partial charge is 0.356 e. The Hall–Kier alpha value is -1.22. The predicted octanol–water partition coefficient (Wildman–Crippen LogP) is 1.26. The normalized spacial score (nSPS) is 11.4. The highest BCUT2D eigenvalue weighted by Crippen LogP contribution is 2.70. The summed E-state index contributed by atoms with van der Waals surface area (Å²) in [6.07, 6.45) is 5.65. The van der Waals surface area contributed by atoms with E-state index in [1.54, 1.807) is 0 Å². The highest BCUT2D eigenvalue weighted by Gasteiger charge is 2.54. The molecule has 13 heteroatoms. The lowest BCUT2D eigenvalue weighted by Crippen LogP contribution is -2.23. The van der Waals surface area contributed by atoms with E-state index in [1.165, 1.54) is 25.9 Å². The van der Waals surface area contributed by atoms with Gasteiger partial charge in [0.05, 0.1) is 0 Å². The van der Waals surface area contributed by atoms with Gasteiger partial charge >= 0.3 is 15.2 Å². The van der Waals surface area contributed by atoms with Gasteiger partial charge in [0.2, 0.25) is 5.91 Å². The molecule has 0 spiro atoms. The zero-order valence-electron chi connectivity index (χ0n) is 15.3. The average Bonchev–Trinajstić information content (AvgIpc) is 2.59. The number of carbonyl (C=O) groups excluding carboxylic acids is 1. The fraction of sp³-hybridized carbons (Fsp3) is 0.692. The molecule has 1 rings (SSSR count). The molecule has 11 nitrogen and oxygen atoms in total. The molecule has 0 bridgehead atoms. The van der Waals surface area contributed by atoms with Gasteiger partial charge in [0.15, 0.2) is 4.90 Å². The number of carbonyl (C=O) groups is 1. The van der Waals surface area contributed by atoms with Gasteiger partial charge in [-0.1, -0.05) is 20.8 Å². The van der Waals surface area contributed by atoms with Crippen molar-refractivity contribution in [3.8, 4) is 0 Å². The van der Waals surface area contributed by atoms with Crippen molar-refractivity contribution >= 4 is 21.1 Å². The van der Waals surface area contributed by atoms with Crippen LogP contribution in [0.25, 0.3) is 0 Å². The summed E-state index contributed by atoms with van der Waals surface area (Å²) in [4.78, 5) is 53.7. The molecule has 0 atom stereocenters. The Labute approximate surface area is 153 Å². The SMILES string of the molecule is CCC(C)(P(=O)(O)O)P(=O)(O)O.CCCNC(=O)CC.c1ncncn1. The minimum absolute atomic E-state index is 0.145. The summed E-state index contributed by atoms with van der Waals surface area (Å²) in [6, 6.07) is 0. The third-order valence-corrected chi connectivity index (χ3v) is 7.92. The molecule has 0 unspecified atom stereocenters. The maximum absolute atomic E-state index is 10.7. The summed E-state index contributed by atoms with van der Waals surface area (Å²) in [6.45, 7) is 6.90. The van der Waals surface area contributed by atoms with Crippen molar-refractivity contribution in [1.82, 2.24) is 20.3 Å². The first-order valence-electron chi connectivity index (χ1n) is 7.80. The van der Waals surface area contributed by atoms with Crippen LogP contribution in [0.15, 0.2) is 19.0 Å². The molecular weight excluding hydrogens is 386 g/mol. The molecule has 0 aliphatic carbocycles. The minimum atomic E-state index is -4.77. The van der Waals surface area contributed by atoms with Crippen molar-refractivity contribution in [2.24, 2.45) is 0 Å². The zero-order valence-corrected chi connectivity index (χ0v) is 17.1. The lowest BCUT2D eigenvalue weighted by molar-refractivity contribution is -0.120. The van der Waals surface area contributed by atoms with E-state index in [-0.39, 0.29) is 12.3 Å². The van der Waals surface area contributed by atoms with Gasteiger partial charge in [-0.3, -0.25) is 13.9 Å². The highest BCUT2D eigenvalue weighted by molar-refractivity contribution is 7.72. The van der Waals surface area contributed by atoms with Crippen LogP contribution in [0.1, 0.15) is 47.0 Å². The number of nitrogens with one attached hydrogen (secondary N) is 1. The smallest absolute Gasteiger partial charge is 0.343 e. The zero-order chi connectivity index (χ0) is 20.9. The molecule has 0 radical (unpaired) electrons. The Morgan fingerprint density at radius 1 is 0.962 bits per heavy atom. The fourth-order valence-corrected chi connectivity index (χ4v) is 3.36. The van der Waals surface area contributed by atoms with Crippen molar-refractivity contribution in [3.05, 3.63) is 19.0 Å². The summed E-state index contributed by atoms with van der Waals surface area (Å²) in [5.74, 6) is 0.145. The van der Waals surface area contributed by atoms with E-state index in [0.717, 1.165) is 19.9 Å². The number of nitrogens with zero attached hydrogens (tertiary/aromatic N) is 3. The molecule has 1 aromatic rings. The summed E-state index contributed by atoms with van der Waals surface area (Å²) < 4.78 is 21.5. The lowest BCUT2D eigenvalue weighted by Gasteiger charge is -2.29. The lowest BCUT2D eigenvalue weighted by atomic mass is 10.4. The second kappa shape index (κ2) is 13.0. The number of hydrogen-bond donors (Lipinski definition) is 5. The topological polar surface area (TPSA) is 183 Å². The van der Waals surface area contributed by atoms with Crippen molar-refractivity contribution in [2.75, 3.05) is 6.54 Å². The molecule has 5 N–H and O–H groups in total. The van der Waals surface area contributed by atoms with Crippen LogP contribution in [0.4, 0.5) is 0 Å². The summed E-state index contributed by atoms with van der Waals surface area (Å²) in [5.41, 5.74) is 0. The Kier molecular flexibility index (Phi) is 13.5. The van der Waals surface area contributed by atoms with Gasteiger partial charge in [-0.15, -0.1) is 0 Å². The van der Waals surface area contributed by atoms with Crippen LogP contribution in [0.5, 0.6) is 0 Å². The standard InChI is InChI=1S/C6H13NO.C4H12O6P2.C3H3N3/c1-3-5-7-6(8)4-2;1-3-4(2,11(5,6)7)12(8,9)10;1-4-2-6-3-5-1/h3-5H2,1-2H3,(H,7,8);3H2,1-2H3,(H2,5,6,7)(H2,8,9,10);1-3H. The molecule has 0 saturated carbocycles. The van der Waals surface area contributed by atoms with E-state index in [0.29, 0.717) is 6.42 Å².